The molecule has 80 valence electrons. The lowest BCUT2D eigenvalue weighted by Crippen LogP contribution is -2.22. The maximum Gasteiger partial charge on any atom is 0.352 e. The molecule has 0 unspecified atom stereocenters. The van der Waals surface area contributed by atoms with Crippen LogP contribution in [0.15, 0.2) is 11.8 Å². The zero-order valence-corrected chi connectivity index (χ0v) is 8.37. The molecule has 0 aromatic heterocycles. The molecule has 0 amide bonds. The lowest BCUT2D eigenvalue weighted by molar-refractivity contribution is -0.137. The van der Waals surface area contributed by atoms with Crippen molar-refractivity contribution in [3.8, 4) is 0 Å². The molecular formula is C9H15NO4. The number of unbranched alkanes of at least 4 members (excludes halogenated alkanes) is 1. The Morgan fingerprint density at radius 2 is 2.14 bits per heavy atom. The summed E-state index contributed by atoms with van der Waals surface area (Å²) in [7, 11) is 1.20. The van der Waals surface area contributed by atoms with Gasteiger partial charge in [0, 0.05) is 6.54 Å². The van der Waals surface area contributed by atoms with E-state index in [1.807, 2.05) is 6.92 Å². The van der Waals surface area contributed by atoms with Crippen LogP contribution in [0.3, 0.4) is 0 Å². The number of carboxylic acids is 1. The highest BCUT2D eigenvalue weighted by atomic mass is 16.5. The minimum absolute atomic E-state index is 0.134. The van der Waals surface area contributed by atoms with Gasteiger partial charge >= 0.3 is 11.9 Å². The number of nitrogens with one attached hydrogen (secondary N) is 1. The first-order valence-corrected chi connectivity index (χ1v) is 4.38. The van der Waals surface area contributed by atoms with E-state index in [9.17, 15) is 9.59 Å². The average Bonchev–Trinajstić information content (AvgIpc) is 2.16. The van der Waals surface area contributed by atoms with Crippen LogP contribution in [-0.4, -0.2) is 30.7 Å². The van der Waals surface area contributed by atoms with Crippen molar-refractivity contribution >= 4 is 11.9 Å². The number of carbonyl (C=O) groups excluding carboxylic acids is 1. The molecular weight excluding hydrogens is 186 g/mol. The van der Waals surface area contributed by atoms with Crippen molar-refractivity contribution < 1.29 is 19.4 Å². The fraction of sp³-hybridized carbons (Fsp3) is 0.556. The molecule has 14 heavy (non-hydrogen) atoms. The smallest absolute Gasteiger partial charge is 0.352 e. The zero-order chi connectivity index (χ0) is 11.0. The number of esters is 1. The largest absolute Gasteiger partial charge is 0.477 e. The Labute approximate surface area is 82.7 Å². The third kappa shape index (κ3) is 5.18. The van der Waals surface area contributed by atoms with Crippen molar-refractivity contribution in [2.24, 2.45) is 0 Å². The van der Waals surface area contributed by atoms with Gasteiger partial charge in [-0.1, -0.05) is 13.3 Å². The van der Waals surface area contributed by atoms with E-state index in [2.05, 4.69) is 10.1 Å². The van der Waals surface area contributed by atoms with E-state index in [0.29, 0.717) is 6.54 Å². The Bertz CT molecular complexity index is 235. The normalized spacial score (nSPS) is 10.9. The SMILES string of the molecule is CCCCN/C(=C\C(=O)OC)C(=O)O. The second-order valence-electron chi connectivity index (χ2n) is 2.67. The molecule has 0 atom stereocenters. The molecule has 0 spiro atoms. The summed E-state index contributed by atoms with van der Waals surface area (Å²) in [4.78, 5) is 21.4. The van der Waals surface area contributed by atoms with E-state index in [1.54, 1.807) is 0 Å². The van der Waals surface area contributed by atoms with Crippen LogP contribution < -0.4 is 5.32 Å². The van der Waals surface area contributed by atoms with Crippen LogP contribution in [0.4, 0.5) is 0 Å². The molecule has 0 fully saturated rings. The Kier molecular flexibility index (Phi) is 6.19. The minimum Gasteiger partial charge on any atom is -0.477 e. The average molecular weight is 201 g/mol. The molecule has 0 rings (SSSR count). The highest BCUT2D eigenvalue weighted by Gasteiger charge is 2.08. The number of hydrogen-bond donors (Lipinski definition) is 2. The number of rotatable bonds is 6. The zero-order valence-electron chi connectivity index (χ0n) is 8.37. The Hall–Kier alpha value is -1.52. The predicted molar refractivity (Wildman–Crippen MR) is 50.6 cm³/mol. The van der Waals surface area contributed by atoms with Crippen molar-refractivity contribution in [1.29, 1.82) is 0 Å². The third-order valence-corrected chi connectivity index (χ3v) is 1.54. The molecule has 0 bridgehead atoms. The van der Waals surface area contributed by atoms with Crippen LogP contribution in [0.2, 0.25) is 0 Å². The summed E-state index contributed by atoms with van der Waals surface area (Å²) in [6.07, 6.45) is 2.74. The molecule has 0 aromatic rings. The van der Waals surface area contributed by atoms with E-state index in [-0.39, 0.29) is 5.70 Å². The van der Waals surface area contributed by atoms with E-state index in [1.165, 1.54) is 7.11 Å². The highest BCUT2D eigenvalue weighted by molar-refractivity contribution is 5.94. The van der Waals surface area contributed by atoms with Gasteiger partial charge in [-0.25, -0.2) is 9.59 Å². The maximum atomic E-state index is 10.8. The van der Waals surface area contributed by atoms with Gasteiger partial charge in [-0.3, -0.25) is 0 Å². The van der Waals surface area contributed by atoms with Gasteiger partial charge in [0.1, 0.15) is 5.70 Å². The van der Waals surface area contributed by atoms with Crippen LogP contribution >= 0.6 is 0 Å². The quantitative estimate of drug-likeness (QED) is 0.372. The van der Waals surface area contributed by atoms with Crippen LogP contribution in [-0.2, 0) is 14.3 Å². The molecule has 5 heteroatoms. The third-order valence-electron chi connectivity index (χ3n) is 1.54. The Morgan fingerprint density at radius 1 is 1.50 bits per heavy atom. The number of carbonyl (C=O) groups is 2. The lowest BCUT2D eigenvalue weighted by Gasteiger charge is -2.04. The van der Waals surface area contributed by atoms with Crippen molar-refractivity contribution in [3.05, 3.63) is 11.8 Å². The standard InChI is InChI=1S/C9H15NO4/c1-3-4-5-10-7(9(12)13)6-8(11)14-2/h6,10H,3-5H2,1-2H3,(H,12,13)/b7-6-. The first-order chi connectivity index (χ1) is 6.61. The van der Waals surface area contributed by atoms with Crippen molar-refractivity contribution in [3.63, 3.8) is 0 Å². The first kappa shape index (κ1) is 12.5. The first-order valence-electron chi connectivity index (χ1n) is 4.38. The molecule has 2 N–H and O–H groups in total. The second-order valence-corrected chi connectivity index (χ2v) is 2.67. The summed E-state index contributed by atoms with van der Waals surface area (Å²) in [6.45, 7) is 2.53. The van der Waals surface area contributed by atoms with Crippen LogP contribution in [0.25, 0.3) is 0 Å². The van der Waals surface area contributed by atoms with E-state index >= 15 is 0 Å². The summed E-state index contributed by atoms with van der Waals surface area (Å²) in [6, 6.07) is 0. The van der Waals surface area contributed by atoms with Crippen LogP contribution in [0.5, 0.6) is 0 Å². The monoisotopic (exact) mass is 201 g/mol. The number of hydrogen-bond acceptors (Lipinski definition) is 4. The Balaban J connectivity index is 4.22. The van der Waals surface area contributed by atoms with Crippen LogP contribution in [0, 0.1) is 0 Å². The fourth-order valence-electron chi connectivity index (χ4n) is 0.765. The van der Waals surface area contributed by atoms with E-state index in [0.717, 1.165) is 18.9 Å². The molecule has 0 aliphatic carbocycles. The number of ether oxygens (including phenoxy) is 1. The van der Waals surface area contributed by atoms with E-state index < -0.39 is 11.9 Å². The molecule has 5 nitrogen and oxygen atoms in total. The molecule has 0 saturated heterocycles. The maximum absolute atomic E-state index is 10.8. The van der Waals surface area contributed by atoms with E-state index in [4.69, 9.17) is 5.11 Å². The van der Waals surface area contributed by atoms with Gasteiger partial charge in [0.15, 0.2) is 0 Å². The summed E-state index contributed by atoms with van der Waals surface area (Å²) in [5, 5.41) is 11.3. The minimum atomic E-state index is -1.16. The van der Waals surface area contributed by atoms with Crippen molar-refractivity contribution in [2.75, 3.05) is 13.7 Å². The van der Waals surface area contributed by atoms with Gasteiger partial charge in [0.05, 0.1) is 13.2 Å². The molecule has 0 aliphatic heterocycles. The van der Waals surface area contributed by atoms with Gasteiger partial charge < -0.3 is 15.2 Å². The number of carboxylic acid groups (broad SMARTS) is 1. The summed E-state index contributed by atoms with van der Waals surface area (Å²) < 4.78 is 4.32. The van der Waals surface area contributed by atoms with Gasteiger partial charge in [-0.2, -0.15) is 0 Å². The van der Waals surface area contributed by atoms with Gasteiger partial charge in [0.25, 0.3) is 0 Å². The molecule has 0 aromatic carbocycles. The summed E-state index contributed by atoms with van der Waals surface area (Å²) in [5.74, 6) is -1.84. The van der Waals surface area contributed by atoms with Gasteiger partial charge in [0.2, 0.25) is 0 Å². The fourth-order valence-corrected chi connectivity index (χ4v) is 0.765. The highest BCUT2D eigenvalue weighted by Crippen LogP contribution is 1.93. The lowest BCUT2D eigenvalue weighted by atomic mass is 10.3. The van der Waals surface area contributed by atoms with Crippen molar-refractivity contribution in [2.45, 2.75) is 19.8 Å². The molecule has 0 radical (unpaired) electrons. The summed E-state index contributed by atoms with van der Waals surface area (Å²) in [5.41, 5.74) is -0.134. The molecule has 0 aliphatic rings. The Morgan fingerprint density at radius 3 is 2.57 bits per heavy atom. The molecule has 0 saturated carbocycles. The number of methoxy groups -OCH3 is 1. The van der Waals surface area contributed by atoms with Gasteiger partial charge in [-0.15, -0.1) is 0 Å². The topological polar surface area (TPSA) is 75.6 Å². The van der Waals surface area contributed by atoms with Gasteiger partial charge in [-0.05, 0) is 6.42 Å². The summed E-state index contributed by atoms with van der Waals surface area (Å²) >= 11 is 0. The molecule has 0 heterocycles. The van der Waals surface area contributed by atoms with Crippen molar-refractivity contribution in [1.82, 2.24) is 5.32 Å². The van der Waals surface area contributed by atoms with Crippen LogP contribution in [0.1, 0.15) is 19.8 Å². The predicted octanol–water partition coefficient (Wildman–Crippen LogP) is 0.518. The second kappa shape index (κ2) is 6.94. The number of aliphatic carboxylic acids is 1.